The van der Waals surface area contributed by atoms with Crippen molar-refractivity contribution in [3.8, 4) is 0 Å². The van der Waals surface area contributed by atoms with Gasteiger partial charge in [0.25, 0.3) is 0 Å². The number of nitrogens with zero attached hydrogens (tertiary/aromatic N) is 1. The van der Waals surface area contributed by atoms with Crippen molar-refractivity contribution >= 4 is 51.0 Å². The number of carbonyl (C=O) groups excluding carboxylic acids is 1. The van der Waals surface area contributed by atoms with Crippen molar-refractivity contribution < 1.29 is 4.79 Å². The summed E-state index contributed by atoms with van der Waals surface area (Å²) in [6, 6.07) is 16.9. The molecular weight excluding hydrogens is 383 g/mol. The lowest BCUT2D eigenvalue weighted by Gasteiger charge is -2.02. The van der Waals surface area contributed by atoms with Gasteiger partial charge in [-0.1, -0.05) is 42.1 Å². The predicted octanol–water partition coefficient (Wildman–Crippen LogP) is 3.85. The standard InChI is InChI=1S/C15H13IN2OS/c16-12-8-6-11(7-9-12)14(19)10-20-15(17)18-13-4-2-1-3-5-13/h1-9H,10H2,(H2,17,18). The van der Waals surface area contributed by atoms with Crippen LogP contribution in [0.1, 0.15) is 10.4 Å². The number of benzene rings is 2. The molecule has 0 heterocycles. The van der Waals surface area contributed by atoms with E-state index in [1.807, 2.05) is 54.6 Å². The third kappa shape index (κ3) is 4.64. The monoisotopic (exact) mass is 396 g/mol. The number of nitrogens with two attached hydrogens (primary N) is 1. The zero-order chi connectivity index (χ0) is 14.4. The maximum atomic E-state index is 12.0. The minimum atomic E-state index is 0.0533. The highest BCUT2D eigenvalue weighted by Crippen LogP contribution is 2.14. The fraction of sp³-hybridized carbons (Fsp3) is 0.0667. The van der Waals surface area contributed by atoms with E-state index >= 15 is 0 Å². The molecule has 0 aromatic heterocycles. The molecule has 0 amide bonds. The van der Waals surface area contributed by atoms with Crippen LogP contribution < -0.4 is 5.73 Å². The van der Waals surface area contributed by atoms with Crippen molar-refractivity contribution in [2.24, 2.45) is 10.7 Å². The summed E-state index contributed by atoms with van der Waals surface area (Å²) in [4.78, 5) is 16.2. The Bertz CT molecular complexity index is 612. The smallest absolute Gasteiger partial charge is 0.173 e. The molecule has 2 N–H and O–H groups in total. The Hall–Kier alpha value is -1.34. The molecule has 0 radical (unpaired) electrons. The number of carbonyl (C=O) groups is 1. The van der Waals surface area contributed by atoms with Gasteiger partial charge in [0.15, 0.2) is 11.0 Å². The van der Waals surface area contributed by atoms with Gasteiger partial charge in [-0.05, 0) is 46.9 Å². The van der Waals surface area contributed by atoms with Crippen LogP contribution in [0.2, 0.25) is 0 Å². The van der Waals surface area contributed by atoms with E-state index in [4.69, 9.17) is 5.73 Å². The number of para-hydroxylation sites is 1. The lowest BCUT2D eigenvalue weighted by molar-refractivity contribution is 0.102. The van der Waals surface area contributed by atoms with Gasteiger partial charge in [0.05, 0.1) is 11.4 Å². The van der Waals surface area contributed by atoms with Gasteiger partial charge in [-0.15, -0.1) is 0 Å². The molecule has 0 spiro atoms. The second-order valence-electron chi connectivity index (χ2n) is 4.00. The number of ketones is 1. The molecule has 2 aromatic rings. The molecule has 20 heavy (non-hydrogen) atoms. The first kappa shape index (κ1) is 15.1. The maximum absolute atomic E-state index is 12.0. The van der Waals surface area contributed by atoms with Crippen LogP contribution in [0, 0.1) is 3.57 Å². The quantitative estimate of drug-likeness (QED) is 0.370. The highest BCUT2D eigenvalue weighted by molar-refractivity contribution is 14.1. The predicted molar refractivity (Wildman–Crippen MR) is 93.7 cm³/mol. The fourth-order valence-electron chi connectivity index (χ4n) is 1.52. The van der Waals surface area contributed by atoms with Gasteiger partial charge >= 0.3 is 0 Å². The lowest BCUT2D eigenvalue weighted by Crippen LogP contribution is -2.11. The molecule has 0 saturated heterocycles. The van der Waals surface area contributed by atoms with Gasteiger partial charge in [0.1, 0.15) is 0 Å². The summed E-state index contributed by atoms with van der Waals surface area (Å²) in [5.41, 5.74) is 7.31. The SMILES string of the molecule is NC(=Nc1ccccc1)SCC(=O)c1ccc(I)cc1. The normalized spacial score (nSPS) is 11.3. The Morgan fingerprint density at radius 2 is 1.75 bits per heavy atom. The Balaban J connectivity index is 1.93. The highest BCUT2D eigenvalue weighted by Gasteiger charge is 2.07. The molecule has 5 heteroatoms. The third-order valence-corrected chi connectivity index (χ3v) is 4.03. The summed E-state index contributed by atoms with van der Waals surface area (Å²) < 4.78 is 1.11. The molecule has 0 aliphatic heterocycles. The van der Waals surface area contributed by atoms with E-state index in [0.29, 0.717) is 16.5 Å². The Morgan fingerprint density at radius 1 is 1.10 bits per heavy atom. The van der Waals surface area contributed by atoms with Crippen LogP contribution in [0.5, 0.6) is 0 Å². The number of hydrogen-bond acceptors (Lipinski definition) is 3. The van der Waals surface area contributed by atoms with Crippen LogP contribution >= 0.6 is 34.4 Å². The average Bonchev–Trinajstić information content (AvgIpc) is 2.46. The third-order valence-electron chi connectivity index (χ3n) is 2.51. The molecule has 0 fully saturated rings. The molecule has 3 nitrogen and oxygen atoms in total. The van der Waals surface area contributed by atoms with Crippen molar-refractivity contribution in [2.75, 3.05) is 5.75 Å². The first-order chi connectivity index (χ1) is 9.65. The van der Waals surface area contributed by atoms with E-state index in [0.717, 1.165) is 9.26 Å². The van der Waals surface area contributed by atoms with Gasteiger partial charge in [0.2, 0.25) is 0 Å². The van der Waals surface area contributed by atoms with Crippen molar-refractivity contribution in [2.45, 2.75) is 0 Å². The first-order valence-electron chi connectivity index (χ1n) is 5.96. The van der Waals surface area contributed by atoms with E-state index in [9.17, 15) is 4.79 Å². The number of rotatable bonds is 4. The molecule has 2 rings (SSSR count). The van der Waals surface area contributed by atoms with Gasteiger partial charge < -0.3 is 5.73 Å². The number of Topliss-reactive ketones (excluding diaryl/α,β-unsaturated/α-hetero) is 1. The lowest BCUT2D eigenvalue weighted by atomic mass is 10.2. The number of thioether (sulfide) groups is 1. The van der Waals surface area contributed by atoms with Crippen molar-refractivity contribution in [1.29, 1.82) is 0 Å². The average molecular weight is 396 g/mol. The van der Waals surface area contributed by atoms with Gasteiger partial charge in [-0.3, -0.25) is 4.79 Å². The van der Waals surface area contributed by atoms with E-state index in [1.54, 1.807) is 0 Å². The van der Waals surface area contributed by atoms with Crippen molar-refractivity contribution in [3.63, 3.8) is 0 Å². The number of amidine groups is 1. The molecular formula is C15H13IN2OS. The maximum Gasteiger partial charge on any atom is 0.173 e. The Kier molecular flexibility index (Phi) is 5.60. The Morgan fingerprint density at radius 3 is 2.40 bits per heavy atom. The van der Waals surface area contributed by atoms with Crippen LogP contribution in [0.4, 0.5) is 5.69 Å². The zero-order valence-corrected chi connectivity index (χ0v) is 13.6. The van der Waals surface area contributed by atoms with Crippen LogP contribution in [0.25, 0.3) is 0 Å². The highest BCUT2D eigenvalue weighted by atomic mass is 127. The van der Waals surface area contributed by atoms with Gasteiger partial charge in [0, 0.05) is 9.13 Å². The summed E-state index contributed by atoms with van der Waals surface area (Å²) in [6.45, 7) is 0. The molecule has 0 saturated carbocycles. The molecule has 0 aliphatic rings. The number of aliphatic imine (C=N–C) groups is 1. The summed E-state index contributed by atoms with van der Waals surface area (Å²) in [5.74, 6) is 0.348. The van der Waals surface area contributed by atoms with E-state index < -0.39 is 0 Å². The minimum Gasteiger partial charge on any atom is -0.378 e. The summed E-state index contributed by atoms with van der Waals surface area (Å²) in [5, 5.41) is 0.398. The minimum absolute atomic E-state index is 0.0533. The Labute approximate surface area is 135 Å². The summed E-state index contributed by atoms with van der Waals surface area (Å²) in [6.07, 6.45) is 0. The largest absolute Gasteiger partial charge is 0.378 e. The summed E-state index contributed by atoms with van der Waals surface area (Å²) >= 11 is 3.46. The fourth-order valence-corrected chi connectivity index (χ4v) is 2.50. The van der Waals surface area contributed by atoms with E-state index in [-0.39, 0.29) is 5.78 Å². The molecule has 2 aromatic carbocycles. The van der Waals surface area contributed by atoms with Crippen LogP contribution in [-0.4, -0.2) is 16.7 Å². The van der Waals surface area contributed by atoms with Crippen LogP contribution in [-0.2, 0) is 0 Å². The second kappa shape index (κ2) is 7.44. The molecule has 0 bridgehead atoms. The first-order valence-corrected chi connectivity index (χ1v) is 8.02. The second-order valence-corrected chi connectivity index (χ2v) is 6.25. The zero-order valence-electron chi connectivity index (χ0n) is 10.6. The van der Waals surface area contributed by atoms with Gasteiger partial charge in [-0.2, -0.15) is 0 Å². The van der Waals surface area contributed by atoms with E-state index in [2.05, 4.69) is 27.6 Å². The summed E-state index contributed by atoms with van der Waals surface area (Å²) in [7, 11) is 0. The molecule has 0 aliphatic carbocycles. The number of hydrogen-bond donors (Lipinski definition) is 1. The van der Waals surface area contributed by atoms with Crippen LogP contribution in [0.3, 0.4) is 0 Å². The van der Waals surface area contributed by atoms with E-state index in [1.165, 1.54) is 11.8 Å². The molecule has 0 unspecified atom stereocenters. The topological polar surface area (TPSA) is 55.4 Å². The van der Waals surface area contributed by atoms with Crippen molar-refractivity contribution in [3.05, 3.63) is 63.7 Å². The molecule has 102 valence electrons. The number of halogens is 1. The van der Waals surface area contributed by atoms with Crippen molar-refractivity contribution in [1.82, 2.24) is 0 Å². The van der Waals surface area contributed by atoms with Crippen LogP contribution in [0.15, 0.2) is 59.6 Å². The van der Waals surface area contributed by atoms with Gasteiger partial charge in [-0.25, -0.2) is 4.99 Å². The molecule has 0 atom stereocenters.